The number of aliphatic hydroxyl groups is 1. The fourth-order valence-corrected chi connectivity index (χ4v) is 13.5. The Hall–Kier alpha value is -2.94. The zero-order valence-corrected chi connectivity index (χ0v) is 49.5. The maximum atomic E-state index is 14.7. The van der Waals surface area contributed by atoms with E-state index in [-0.39, 0.29) is 66.8 Å². The van der Waals surface area contributed by atoms with Crippen molar-refractivity contribution in [2.24, 2.45) is 35.5 Å². The summed E-state index contributed by atoms with van der Waals surface area (Å²) in [6.07, 6.45) is 14.3. The predicted molar refractivity (Wildman–Crippen MR) is 290 cm³/mol. The van der Waals surface area contributed by atoms with E-state index in [1.807, 2.05) is 65.0 Å². The van der Waals surface area contributed by atoms with Crippen LogP contribution in [0.5, 0.6) is 0 Å². The Balaban J connectivity index is 1.76. The highest BCUT2D eigenvalue weighted by Crippen LogP contribution is 2.39. The number of rotatable bonds is 10. The SMILES string of the molecule is CO[C@H]1C[C@@H]2CC[C@@H](C)[C@@](O)(O2)C(=O)C(=O)N2CCCC[C@H]2C(=O)O[C@H]([C@H](C)C[C@@H]2CC[C@@H](O[Si](C)(C)C)[C@H](OC)C2)CC(=O)[C@H](C)/C=C(\C)[C@@H](O[Si](C)(C)C)[C@@H](OC)C(=O)[C@H](C)C[C@H](C)/C=C/C=CC=C1C. The fraction of sp³-hybridized carbons (Fsp3) is 0.772. The largest absolute Gasteiger partial charge is 0.460 e. The number of allylic oxidation sites excluding steroid dienone is 6. The van der Waals surface area contributed by atoms with E-state index < -0.39 is 88.5 Å². The first-order valence-electron chi connectivity index (χ1n) is 27.3. The molecule has 4 aliphatic rings. The molecule has 0 spiro atoms. The Bertz CT molecular complexity index is 1990. The molecular formula is C57H95NO13Si2. The lowest BCUT2D eigenvalue weighted by Crippen LogP contribution is -2.61. The van der Waals surface area contributed by atoms with Gasteiger partial charge < -0.3 is 42.5 Å². The molecule has 0 aromatic rings. The van der Waals surface area contributed by atoms with E-state index in [4.69, 9.17) is 32.5 Å². The summed E-state index contributed by atoms with van der Waals surface area (Å²) in [5.41, 5.74) is 1.60. The van der Waals surface area contributed by atoms with Gasteiger partial charge in [-0.05, 0) is 146 Å². The Labute approximate surface area is 441 Å². The summed E-state index contributed by atoms with van der Waals surface area (Å²) in [5.74, 6) is -7.19. The molecule has 1 aliphatic carbocycles. The third kappa shape index (κ3) is 18.1. The molecule has 14 nitrogen and oxygen atoms in total. The van der Waals surface area contributed by atoms with Crippen molar-refractivity contribution in [1.82, 2.24) is 4.90 Å². The van der Waals surface area contributed by atoms with Crippen LogP contribution in [0, 0.1) is 35.5 Å². The number of methoxy groups -OCH3 is 3. The van der Waals surface area contributed by atoms with Gasteiger partial charge in [0.1, 0.15) is 24.0 Å². The quantitative estimate of drug-likeness (QED) is 0.0949. The molecule has 0 aromatic heterocycles. The minimum absolute atomic E-state index is 0.00537. The van der Waals surface area contributed by atoms with Crippen LogP contribution < -0.4 is 0 Å². The summed E-state index contributed by atoms with van der Waals surface area (Å²) in [7, 11) is 0.716. The van der Waals surface area contributed by atoms with Gasteiger partial charge in [0.15, 0.2) is 22.4 Å². The summed E-state index contributed by atoms with van der Waals surface area (Å²) in [5, 5.41) is 12.1. The van der Waals surface area contributed by atoms with Crippen molar-refractivity contribution in [3.8, 4) is 0 Å². The normalized spacial score (nSPS) is 36.6. The third-order valence-electron chi connectivity index (χ3n) is 15.4. The highest BCUT2D eigenvalue weighted by Gasteiger charge is 2.53. The van der Waals surface area contributed by atoms with Crippen LogP contribution in [0.3, 0.4) is 0 Å². The first-order valence-corrected chi connectivity index (χ1v) is 34.1. The number of carbonyl (C=O) groups excluding carboxylic acids is 5. The number of Topliss-reactive ketones (excluding diaryl/α,β-unsaturated/α-hetero) is 3. The number of esters is 1. The van der Waals surface area contributed by atoms with Crippen LogP contribution in [0.4, 0.5) is 0 Å². The van der Waals surface area contributed by atoms with Gasteiger partial charge in [-0.15, -0.1) is 0 Å². The molecule has 2 bridgehead atoms. The molecule has 1 saturated carbocycles. The molecule has 3 heterocycles. The average molecular weight is 1060 g/mol. The standard InChI is InChI=1S/C57H95NO13Si2/c1-36-22-18-17-19-23-37(2)48(65-8)34-44-27-25-42(7)57(64,69-44)54(61)55(62)58-29-21-20-24-45(58)56(63)68-49(39(4)32-43-26-28-47(50(33-43)66-9)70-72(11,12)13)35-46(59)38(3)31-41(6)52(71-73(14,15)16)53(67-10)51(60)40(5)30-36/h17-19,22-23,31,36,38-40,42-45,47-50,52-53,64H,20-21,24-30,32-35H2,1-16H3/b19-17?,22-18+,37-23?,41-31+/t36-,38-,39-,40-,42-,43+,44+,45+,47-,48+,49+,50-,52-,53+,57-/m1/s1. The number of hydrogen-bond donors (Lipinski definition) is 1. The van der Waals surface area contributed by atoms with E-state index in [0.29, 0.717) is 50.5 Å². The zero-order chi connectivity index (χ0) is 54.6. The second-order valence-electron chi connectivity index (χ2n) is 24.0. The Kier molecular flexibility index (Phi) is 23.9. The Morgan fingerprint density at radius 3 is 2.08 bits per heavy atom. The molecule has 3 aliphatic heterocycles. The topological polar surface area (TPSA) is 173 Å². The van der Waals surface area contributed by atoms with Crippen molar-refractivity contribution < 1.29 is 61.6 Å². The molecule has 1 amide bonds. The minimum Gasteiger partial charge on any atom is -0.460 e. The minimum atomic E-state index is -2.42. The van der Waals surface area contributed by atoms with Crippen LogP contribution >= 0.6 is 0 Å². The van der Waals surface area contributed by atoms with E-state index >= 15 is 0 Å². The summed E-state index contributed by atoms with van der Waals surface area (Å²) in [6.45, 7) is 26.1. The van der Waals surface area contributed by atoms with Gasteiger partial charge in [-0.3, -0.25) is 19.2 Å². The van der Waals surface area contributed by atoms with Crippen LogP contribution in [0.15, 0.2) is 47.6 Å². The summed E-state index contributed by atoms with van der Waals surface area (Å²) in [6, 6.07) is -1.11. The number of cyclic esters (lactones) is 1. The number of carbonyl (C=O) groups is 5. The first-order chi connectivity index (χ1) is 34.1. The van der Waals surface area contributed by atoms with E-state index in [9.17, 15) is 29.1 Å². The van der Waals surface area contributed by atoms with Gasteiger partial charge in [-0.25, -0.2) is 4.79 Å². The number of fused-ring (bicyclic) bond motifs is 3. The molecule has 1 N–H and O–H groups in total. The molecule has 0 unspecified atom stereocenters. The summed E-state index contributed by atoms with van der Waals surface area (Å²) >= 11 is 0. The molecule has 4 rings (SSSR count). The van der Waals surface area contributed by atoms with Crippen LogP contribution in [0.1, 0.15) is 126 Å². The monoisotopic (exact) mass is 1060 g/mol. The third-order valence-corrected chi connectivity index (χ3v) is 17.4. The van der Waals surface area contributed by atoms with Crippen molar-refractivity contribution in [2.75, 3.05) is 27.9 Å². The maximum absolute atomic E-state index is 14.7. The highest BCUT2D eigenvalue weighted by atomic mass is 28.4. The molecule has 414 valence electrons. The summed E-state index contributed by atoms with van der Waals surface area (Å²) < 4.78 is 43.8. The van der Waals surface area contributed by atoms with E-state index in [0.717, 1.165) is 24.8 Å². The van der Waals surface area contributed by atoms with Crippen molar-refractivity contribution in [2.45, 2.75) is 219 Å². The molecule has 3 fully saturated rings. The molecule has 0 radical (unpaired) electrons. The molecule has 15 atom stereocenters. The predicted octanol–water partition coefficient (Wildman–Crippen LogP) is 9.90. The van der Waals surface area contributed by atoms with E-state index in [1.54, 1.807) is 21.1 Å². The number of piperidine rings is 1. The second-order valence-corrected chi connectivity index (χ2v) is 32.9. The van der Waals surface area contributed by atoms with Gasteiger partial charge in [0.05, 0.1) is 30.5 Å². The van der Waals surface area contributed by atoms with E-state index in [1.165, 1.54) is 12.0 Å². The van der Waals surface area contributed by atoms with Crippen molar-refractivity contribution >= 4 is 45.9 Å². The fourth-order valence-electron chi connectivity index (χ4n) is 11.2. The van der Waals surface area contributed by atoms with Gasteiger partial charge in [-0.1, -0.05) is 71.1 Å². The molecular weight excluding hydrogens is 963 g/mol. The molecule has 16 heteroatoms. The first kappa shape index (κ1) is 62.6. The van der Waals surface area contributed by atoms with Crippen LogP contribution in [-0.2, 0) is 56.5 Å². The van der Waals surface area contributed by atoms with Gasteiger partial charge in [0.2, 0.25) is 5.79 Å². The highest BCUT2D eigenvalue weighted by molar-refractivity contribution is 6.70. The van der Waals surface area contributed by atoms with Crippen LogP contribution in [-0.4, -0.2) is 138 Å². The van der Waals surface area contributed by atoms with Gasteiger partial charge in [-0.2, -0.15) is 0 Å². The van der Waals surface area contributed by atoms with Crippen molar-refractivity contribution in [3.63, 3.8) is 0 Å². The van der Waals surface area contributed by atoms with Crippen LogP contribution in [0.2, 0.25) is 39.3 Å². The molecule has 0 aromatic carbocycles. The Morgan fingerprint density at radius 1 is 0.767 bits per heavy atom. The number of ether oxygens (including phenoxy) is 5. The number of amides is 1. The van der Waals surface area contributed by atoms with Crippen molar-refractivity contribution in [1.29, 1.82) is 0 Å². The summed E-state index contributed by atoms with van der Waals surface area (Å²) in [4.78, 5) is 73.6. The molecule has 2 saturated heterocycles. The smallest absolute Gasteiger partial charge is 0.329 e. The lowest BCUT2D eigenvalue weighted by molar-refractivity contribution is -0.265. The Morgan fingerprint density at radius 2 is 1.45 bits per heavy atom. The van der Waals surface area contributed by atoms with Gasteiger partial charge in [0.25, 0.3) is 11.7 Å². The van der Waals surface area contributed by atoms with Gasteiger partial charge in [0, 0.05) is 58.5 Å². The van der Waals surface area contributed by atoms with Crippen LogP contribution in [0.25, 0.3) is 0 Å². The zero-order valence-electron chi connectivity index (χ0n) is 47.5. The van der Waals surface area contributed by atoms with E-state index in [2.05, 4.69) is 52.3 Å². The lowest BCUT2D eigenvalue weighted by Gasteiger charge is -2.42. The van der Waals surface area contributed by atoms with Gasteiger partial charge >= 0.3 is 5.97 Å². The maximum Gasteiger partial charge on any atom is 0.329 e. The average Bonchev–Trinajstić information content (AvgIpc) is 3.32. The van der Waals surface area contributed by atoms with Crippen molar-refractivity contribution in [3.05, 3.63) is 47.6 Å². The second kappa shape index (κ2) is 27.9. The lowest BCUT2D eigenvalue weighted by atomic mass is 9.78. The number of ketones is 3. The molecule has 73 heavy (non-hydrogen) atoms. The number of hydrogen-bond acceptors (Lipinski definition) is 13. The number of nitrogens with zero attached hydrogens (tertiary/aromatic N) is 1.